The molecule has 0 heterocycles. The molecule has 1 aromatic carbocycles. The Morgan fingerprint density at radius 2 is 1.90 bits per heavy atom. The molecule has 0 saturated heterocycles. The fourth-order valence-electron chi connectivity index (χ4n) is 1.89. The van der Waals surface area contributed by atoms with E-state index >= 15 is 0 Å². The third-order valence-electron chi connectivity index (χ3n) is 2.71. The SMILES string of the molecule is C=N/C=C(\c1ccccc1/C(=C\CC)NC)C(F)(F)F. The van der Waals surface area contributed by atoms with Crippen LogP contribution in [0.4, 0.5) is 13.2 Å². The topological polar surface area (TPSA) is 24.4 Å². The first-order chi connectivity index (χ1) is 9.45. The summed E-state index contributed by atoms with van der Waals surface area (Å²) in [5.41, 5.74) is 0.424. The predicted molar refractivity (Wildman–Crippen MR) is 77.4 cm³/mol. The Morgan fingerprint density at radius 3 is 2.35 bits per heavy atom. The number of hydrogen-bond donors (Lipinski definition) is 1. The number of allylic oxidation sites excluding steroid dienone is 2. The summed E-state index contributed by atoms with van der Waals surface area (Å²) < 4.78 is 39.4. The average Bonchev–Trinajstić information content (AvgIpc) is 2.41. The molecular formula is C15H17F3N2. The van der Waals surface area contributed by atoms with Crippen LogP contribution in [0.2, 0.25) is 0 Å². The number of nitrogens with zero attached hydrogens (tertiary/aromatic N) is 1. The van der Waals surface area contributed by atoms with E-state index in [4.69, 9.17) is 0 Å². The Kier molecular flexibility index (Phi) is 5.55. The van der Waals surface area contributed by atoms with E-state index < -0.39 is 11.7 Å². The lowest BCUT2D eigenvalue weighted by Crippen LogP contribution is -2.14. The second-order valence-corrected chi connectivity index (χ2v) is 4.04. The maximum absolute atomic E-state index is 13.1. The monoisotopic (exact) mass is 282 g/mol. The van der Waals surface area contributed by atoms with Gasteiger partial charge in [-0.15, -0.1) is 0 Å². The van der Waals surface area contributed by atoms with Gasteiger partial charge in [0.15, 0.2) is 0 Å². The molecule has 1 rings (SSSR count). The maximum Gasteiger partial charge on any atom is 0.418 e. The van der Waals surface area contributed by atoms with Crippen LogP contribution in [0, 0.1) is 0 Å². The Morgan fingerprint density at radius 1 is 1.30 bits per heavy atom. The van der Waals surface area contributed by atoms with Crippen molar-refractivity contribution in [2.75, 3.05) is 7.05 Å². The van der Waals surface area contributed by atoms with Gasteiger partial charge in [-0.1, -0.05) is 37.3 Å². The number of nitrogens with one attached hydrogen (secondary N) is 1. The molecule has 2 nitrogen and oxygen atoms in total. The molecule has 108 valence electrons. The minimum Gasteiger partial charge on any atom is -0.388 e. The van der Waals surface area contributed by atoms with E-state index in [0.29, 0.717) is 11.3 Å². The van der Waals surface area contributed by atoms with Crippen molar-refractivity contribution < 1.29 is 13.2 Å². The second-order valence-electron chi connectivity index (χ2n) is 4.04. The summed E-state index contributed by atoms with van der Waals surface area (Å²) in [5.74, 6) is 0. The van der Waals surface area contributed by atoms with Crippen molar-refractivity contribution in [2.45, 2.75) is 19.5 Å². The summed E-state index contributed by atoms with van der Waals surface area (Å²) >= 11 is 0. The Hall–Kier alpha value is -2.04. The van der Waals surface area contributed by atoms with E-state index in [2.05, 4.69) is 17.0 Å². The quantitative estimate of drug-likeness (QED) is 0.802. The summed E-state index contributed by atoms with van der Waals surface area (Å²) in [6.07, 6.45) is -1.18. The van der Waals surface area contributed by atoms with Crippen LogP contribution in [0.15, 0.2) is 41.5 Å². The van der Waals surface area contributed by atoms with Crippen molar-refractivity contribution in [3.8, 4) is 0 Å². The molecule has 0 amide bonds. The lowest BCUT2D eigenvalue weighted by molar-refractivity contribution is -0.0690. The van der Waals surface area contributed by atoms with E-state index in [0.717, 1.165) is 12.6 Å². The van der Waals surface area contributed by atoms with Gasteiger partial charge in [-0.2, -0.15) is 13.2 Å². The first-order valence-corrected chi connectivity index (χ1v) is 6.16. The highest BCUT2D eigenvalue weighted by Gasteiger charge is 2.36. The highest BCUT2D eigenvalue weighted by atomic mass is 19.4. The van der Waals surface area contributed by atoms with Gasteiger partial charge in [-0.3, -0.25) is 4.99 Å². The van der Waals surface area contributed by atoms with Crippen LogP contribution in [-0.2, 0) is 0 Å². The van der Waals surface area contributed by atoms with Crippen molar-refractivity contribution in [1.29, 1.82) is 0 Å². The van der Waals surface area contributed by atoms with Crippen molar-refractivity contribution >= 4 is 18.0 Å². The largest absolute Gasteiger partial charge is 0.418 e. The molecule has 20 heavy (non-hydrogen) atoms. The van der Waals surface area contributed by atoms with Crippen LogP contribution in [0.3, 0.4) is 0 Å². The van der Waals surface area contributed by atoms with Crippen LogP contribution in [0.1, 0.15) is 24.5 Å². The van der Waals surface area contributed by atoms with Gasteiger partial charge in [0.1, 0.15) is 0 Å². The molecule has 0 aliphatic heterocycles. The van der Waals surface area contributed by atoms with Gasteiger partial charge in [0, 0.05) is 24.5 Å². The number of hydrogen-bond acceptors (Lipinski definition) is 2. The van der Waals surface area contributed by atoms with Gasteiger partial charge in [0.25, 0.3) is 0 Å². The number of benzene rings is 1. The summed E-state index contributed by atoms with van der Waals surface area (Å²) in [4.78, 5) is 3.28. The van der Waals surface area contributed by atoms with Crippen molar-refractivity contribution in [1.82, 2.24) is 5.32 Å². The lowest BCUT2D eigenvalue weighted by atomic mass is 9.97. The van der Waals surface area contributed by atoms with Crippen LogP contribution in [0.25, 0.3) is 11.3 Å². The van der Waals surface area contributed by atoms with Crippen molar-refractivity contribution in [2.24, 2.45) is 4.99 Å². The fraction of sp³-hybridized carbons (Fsp3) is 0.267. The molecule has 0 spiro atoms. The zero-order valence-electron chi connectivity index (χ0n) is 11.5. The molecular weight excluding hydrogens is 265 g/mol. The van der Waals surface area contributed by atoms with Crippen LogP contribution >= 0.6 is 0 Å². The molecule has 0 aromatic heterocycles. The first-order valence-electron chi connectivity index (χ1n) is 6.16. The van der Waals surface area contributed by atoms with E-state index in [1.54, 1.807) is 25.2 Å². The average molecular weight is 282 g/mol. The van der Waals surface area contributed by atoms with Crippen LogP contribution in [-0.4, -0.2) is 19.9 Å². The molecule has 5 heteroatoms. The van der Waals surface area contributed by atoms with Crippen molar-refractivity contribution in [3.63, 3.8) is 0 Å². The van der Waals surface area contributed by atoms with Gasteiger partial charge in [0.05, 0.1) is 5.57 Å². The minimum atomic E-state index is -4.48. The van der Waals surface area contributed by atoms with Crippen LogP contribution < -0.4 is 5.32 Å². The smallest absolute Gasteiger partial charge is 0.388 e. The Bertz CT molecular complexity index is 528. The summed E-state index contributed by atoms with van der Waals surface area (Å²) in [5, 5.41) is 2.93. The molecule has 0 fully saturated rings. The number of aliphatic imine (C=N–C) groups is 1. The number of halogens is 3. The van der Waals surface area contributed by atoms with E-state index in [9.17, 15) is 13.2 Å². The molecule has 0 atom stereocenters. The number of rotatable bonds is 5. The molecule has 1 N–H and O–H groups in total. The zero-order valence-corrected chi connectivity index (χ0v) is 11.5. The third kappa shape index (κ3) is 3.73. The standard InChI is InChI=1S/C15H17F3N2/c1-4-7-14(20-3)12-9-6-5-8-11(12)13(10-19-2)15(16,17)18/h5-10,20H,2,4H2,1,3H3/b13-10+,14-7+. The molecule has 0 aliphatic rings. The normalized spacial score (nSPS) is 13.2. The third-order valence-corrected chi connectivity index (χ3v) is 2.71. The van der Waals surface area contributed by atoms with Gasteiger partial charge in [-0.25, -0.2) is 0 Å². The molecule has 0 radical (unpaired) electrons. The highest BCUT2D eigenvalue weighted by Crippen LogP contribution is 2.37. The first kappa shape index (κ1) is 16.0. The minimum absolute atomic E-state index is 0.0847. The van der Waals surface area contributed by atoms with E-state index in [1.165, 1.54) is 6.07 Å². The molecule has 0 saturated carbocycles. The summed E-state index contributed by atoms with van der Waals surface area (Å²) in [7, 11) is 1.68. The van der Waals surface area contributed by atoms with Gasteiger partial charge in [0.2, 0.25) is 0 Å². The van der Waals surface area contributed by atoms with Gasteiger partial charge >= 0.3 is 6.18 Å². The van der Waals surface area contributed by atoms with Crippen LogP contribution in [0.5, 0.6) is 0 Å². The predicted octanol–water partition coefficient (Wildman–Crippen LogP) is 4.26. The highest BCUT2D eigenvalue weighted by molar-refractivity contribution is 5.81. The molecule has 0 aliphatic carbocycles. The zero-order chi connectivity index (χ0) is 15.2. The molecule has 0 bridgehead atoms. The Balaban J connectivity index is 3.49. The summed E-state index contributed by atoms with van der Waals surface area (Å²) in [6, 6.07) is 6.35. The molecule has 1 aromatic rings. The maximum atomic E-state index is 13.1. The fourth-order valence-corrected chi connectivity index (χ4v) is 1.89. The Labute approximate surface area is 116 Å². The van der Waals surface area contributed by atoms with Gasteiger partial charge in [-0.05, 0) is 18.7 Å². The van der Waals surface area contributed by atoms with Gasteiger partial charge < -0.3 is 5.32 Å². The number of alkyl halides is 3. The lowest BCUT2D eigenvalue weighted by Gasteiger charge is -2.17. The van der Waals surface area contributed by atoms with E-state index in [-0.39, 0.29) is 5.56 Å². The second kappa shape index (κ2) is 6.93. The molecule has 0 unspecified atom stereocenters. The van der Waals surface area contributed by atoms with Crippen molar-refractivity contribution in [3.05, 3.63) is 47.7 Å². The van der Waals surface area contributed by atoms with E-state index in [1.807, 2.05) is 13.0 Å². The summed E-state index contributed by atoms with van der Waals surface area (Å²) in [6.45, 7) is 5.04.